The lowest BCUT2D eigenvalue weighted by Crippen LogP contribution is -2.32. The van der Waals surface area contributed by atoms with Crippen LogP contribution in [-0.4, -0.2) is 56.3 Å². The van der Waals surface area contributed by atoms with Crippen molar-refractivity contribution >= 4 is 11.5 Å². The van der Waals surface area contributed by atoms with Crippen molar-refractivity contribution in [3.05, 3.63) is 83.1 Å². The average molecular weight is 592 g/mol. The molecule has 4 rings (SSSR count). The van der Waals surface area contributed by atoms with Crippen LogP contribution in [0.2, 0.25) is 0 Å². The Morgan fingerprint density at radius 1 is 1.07 bits per heavy atom. The summed E-state index contributed by atoms with van der Waals surface area (Å²) < 4.78 is 77.4. The third kappa shape index (κ3) is 8.17. The van der Waals surface area contributed by atoms with Gasteiger partial charge < -0.3 is 29.0 Å². The second-order valence-electron chi connectivity index (χ2n) is 9.30. The number of carbonyl (C=O) groups excluding carboxylic acids is 1. The Kier molecular flexibility index (Phi) is 9.96. The fourth-order valence-electron chi connectivity index (χ4n) is 4.25. The molecule has 0 aliphatic heterocycles. The third-order valence-corrected chi connectivity index (χ3v) is 6.40. The summed E-state index contributed by atoms with van der Waals surface area (Å²) in [4.78, 5) is 22.3. The molecule has 0 saturated heterocycles. The first kappa shape index (κ1) is 30.7. The van der Waals surface area contributed by atoms with E-state index in [2.05, 4.69) is 20.0 Å². The zero-order valence-electron chi connectivity index (χ0n) is 23.0. The van der Waals surface area contributed by atoms with Crippen molar-refractivity contribution in [3.63, 3.8) is 0 Å². The molecule has 0 spiro atoms. The van der Waals surface area contributed by atoms with Crippen LogP contribution < -0.4 is 19.5 Å². The van der Waals surface area contributed by atoms with Crippen molar-refractivity contribution in [2.24, 2.45) is 0 Å². The number of halogens is 4. The quantitative estimate of drug-likeness (QED) is 0.279. The van der Waals surface area contributed by atoms with Gasteiger partial charge in [-0.3, -0.25) is 4.79 Å². The molecule has 1 amide bonds. The van der Waals surface area contributed by atoms with Crippen LogP contribution in [0.5, 0.6) is 17.4 Å². The topological polar surface area (TPSA) is 101 Å². The summed E-state index contributed by atoms with van der Waals surface area (Å²) in [6.07, 6.45) is -1.98. The van der Waals surface area contributed by atoms with Crippen LogP contribution in [0.1, 0.15) is 46.3 Å². The molecule has 2 atom stereocenters. The van der Waals surface area contributed by atoms with E-state index in [0.717, 1.165) is 23.3 Å². The molecule has 1 aliphatic rings. The second-order valence-corrected chi connectivity index (χ2v) is 9.30. The van der Waals surface area contributed by atoms with Gasteiger partial charge in [0.15, 0.2) is 17.4 Å². The maximum Gasteiger partial charge on any atom is 0.573 e. The first-order valence-corrected chi connectivity index (χ1v) is 12.8. The number of amides is 1. The van der Waals surface area contributed by atoms with Crippen LogP contribution in [0, 0.1) is 5.82 Å². The summed E-state index contributed by atoms with van der Waals surface area (Å²) in [7, 11) is 4.54. The van der Waals surface area contributed by atoms with E-state index < -0.39 is 29.9 Å². The monoisotopic (exact) mass is 591 g/mol. The fraction of sp³-hybridized carbons (Fsp3) is 0.345. The van der Waals surface area contributed by atoms with Gasteiger partial charge in [0.1, 0.15) is 18.1 Å². The Bertz CT molecular complexity index is 1420. The highest BCUT2D eigenvalue weighted by atomic mass is 19.4. The van der Waals surface area contributed by atoms with Crippen LogP contribution in [0.4, 0.5) is 17.6 Å². The third-order valence-electron chi connectivity index (χ3n) is 6.40. The molecule has 1 aromatic heterocycles. The minimum absolute atomic E-state index is 0.0369. The van der Waals surface area contributed by atoms with Gasteiger partial charge in [0.25, 0.3) is 5.91 Å². The number of nitrogens with zero attached hydrogens (tertiary/aromatic N) is 2. The van der Waals surface area contributed by atoms with Crippen LogP contribution in [-0.2, 0) is 16.1 Å². The number of nitrogens with one attached hydrogen (secondary N) is 1. The Morgan fingerprint density at radius 2 is 1.83 bits per heavy atom. The first-order chi connectivity index (χ1) is 20.1. The maximum atomic E-state index is 14.4. The summed E-state index contributed by atoms with van der Waals surface area (Å²) in [5, 5.41) is 2.70. The van der Waals surface area contributed by atoms with E-state index in [4.69, 9.17) is 18.9 Å². The Labute approximate surface area is 239 Å². The number of hydrogen-bond acceptors (Lipinski definition) is 8. The summed E-state index contributed by atoms with van der Waals surface area (Å²) in [6.45, 7) is 0.0449. The van der Waals surface area contributed by atoms with E-state index in [1.165, 1.54) is 19.2 Å². The van der Waals surface area contributed by atoms with Gasteiger partial charge in [-0.2, -0.15) is 4.98 Å². The van der Waals surface area contributed by atoms with E-state index in [0.29, 0.717) is 18.6 Å². The lowest BCUT2D eigenvalue weighted by Gasteiger charge is -2.20. The van der Waals surface area contributed by atoms with Gasteiger partial charge in [-0.05, 0) is 47.4 Å². The molecule has 2 aromatic carbocycles. The van der Waals surface area contributed by atoms with Crippen LogP contribution in [0.3, 0.4) is 0 Å². The highest BCUT2D eigenvalue weighted by molar-refractivity contribution is 5.93. The van der Waals surface area contributed by atoms with Gasteiger partial charge in [-0.15, -0.1) is 13.2 Å². The summed E-state index contributed by atoms with van der Waals surface area (Å²) in [5.74, 6) is -1.78. The molecule has 0 bridgehead atoms. The molecule has 1 N–H and O–H groups in total. The molecule has 1 aliphatic carbocycles. The molecular formula is C29H29F4N3O6. The number of rotatable bonds is 12. The van der Waals surface area contributed by atoms with Gasteiger partial charge in [0.2, 0.25) is 5.88 Å². The molecule has 13 heteroatoms. The molecule has 0 radical (unpaired) electrons. The summed E-state index contributed by atoms with van der Waals surface area (Å²) in [5.41, 5.74) is 1.73. The highest BCUT2D eigenvalue weighted by Gasteiger charge is 2.32. The van der Waals surface area contributed by atoms with E-state index in [-0.39, 0.29) is 42.3 Å². The van der Waals surface area contributed by atoms with Crippen molar-refractivity contribution in [2.75, 3.05) is 27.9 Å². The average Bonchev–Trinajstić information content (AvgIpc) is 3.46. The van der Waals surface area contributed by atoms with Gasteiger partial charge in [0.05, 0.1) is 25.9 Å². The Morgan fingerprint density at radius 3 is 2.45 bits per heavy atom. The summed E-state index contributed by atoms with van der Waals surface area (Å²) in [6, 6.07) is 10.6. The number of benzene rings is 2. The number of alkyl halides is 3. The zero-order chi connectivity index (χ0) is 30.3. The first-order valence-electron chi connectivity index (χ1n) is 12.8. The van der Waals surface area contributed by atoms with Gasteiger partial charge in [0, 0.05) is 26.7 Å². The van der Waals surface area contributed by atoms with E-state index >= 15 is 0 Å². The predicted octanol–water partition coefficient (Wildman–Crippen LogP) is 5.41. The van der Waals surface area contributed by atoms with E-state index in [1.807, 2.05) is 18.2 Å². The Balaban J connectivity index is 1.58. The number of aromatic nitrogens is 2. The summed E-state index contributed by atoms with van der Waals surface area (Å²) >= 11 is 0. The number of ether oxygens (including phenoxy) is 5. The number of methoxy groups -OCH3 is 3. The SMILES string of the molecule is COC[C@@H](NC(=O)c1cc(OCc2ccc(OC)cc2)nc(C2=CCC(OC)C2)n1)c1ccc(OC(F)(F)F)c(F)c1. The molecule has 1 heterocycles. The lowest BCUT2D eigenvalue weighted by atomic mass is 10.1. The van der Waals surface area contributed by atoms with Gasteiger partial charge >= 0.3 is 6.36 Å². The standard InChI is InChI=1S/C29H29F4N3O6/c1-38-16-24(18-7-11-25(22(30)13-18)42-29(31,32)33)35-28(37)23-14-26(41-15-17-4-8-20(39-2)9-5-17)36-27(34-23)19-6-10-21(12-19)40-3/h4-9,11,13-14,21,24H,10,12,15-16H2,1-3H3,(H,35,37)/t21?,24-/m1/s1. The maximum absolute atomic E-state index is 14.4. The predicted molar refractivity (Wildman–Crippen MR) is 143 cm³/mol. The fourth-order valence-corrected chi connectivity index (χ4v) is 4.25. The second kappa shape index (κ2) is 13.6. The molecular weight excluding hydrogens is 562 g/mol. The van der Waals surface area contributed by atoms with Crippen molar-refractivity contribution in [1.29, 1.82) is 0 Å². The van der Waals surface area contributed by atoms with Gasteiger partial charge in [-0.1, -0.05) is 24.3 Å². The molecule has 1 unspecified atom stereocenters. The molecule has 0 saturated carbocycles. The van der Waals surface area contributed by atoms with Crippen molar-refractivity contribution in [2.45, 2.75) is 38.0 Å². The van der Waals surface area contributed by atoms with E-state index in [9.17, 15) is 22.4 Å². The largest absolute Gasteiger partial charge is 0.573 e. The molecule has 42 heavy (non-hydrogen) atoms. The zero-order valence-corrected chi connectivity index (χ0v) is 23.0. The normalized spacial score (nSPS) is 15.6. The van der Waals surface area contributed by atoms with Gasteiger partial charge in [-0.25, -0.2) is 9.37 Å². The van der Waals surface area contributed by atoms with Crippen molar-refractivity contribution < 1.29 is 46.0 Å². The molecule has 9 nitrogen and oxygen atoms in total. The van der Waals surface area contributed by atoms with E-state index in [1.54, 1.807) is 26.4 Å². The molecule has 3 aromatic rings. The van der Waals surface area contributed by atoms with Crippen molar-refractivity contribution in [3.8, 4) is 17.4 Å². The highest BCUT2D eigenvalue weighted by Crippen LogP contribution is 2.30. The molecule has 224 valence electrons. The smallest absolute Gasteiger partial charge is 0.497 e. The minimum Gasteiger partial charge on any atom is -0.497 e. The number of carbonyl (C=O) groups is 1. The lowest BCUT2D eigenvalue weighted by molar-refractivity contribution is -0.275. The van der Waals surface area contributed by atoms with Crippen LogP contribution in [0.25, 0.3) is 5.57 Å². The van der Waals surface area contributed by atoms with Crippen molar-refractivity contribution in [1.82, 2.24) is 15.3 Å². The Hall–Kier alpha value is -4.23. The number of hydrogen-bond donors (Lipinski definition) is 1. The minimum atomic E-state index is -5.06. The van der Waals surface area contributed by atoms with Crippen LogP contribution in [0.15, 0.2) is 54.6 Å². The van der Waals surface area contributed by atoms with Crippen LogP contribution >= 0.6 is 0 Å². The molecule has 0 fully saturated rings.